The maximum absolute atomic E-state index is 13.0. The van der Waals surface area contributed by atoms with E-state index in [9.17, 15) is 27.7 Å². The fourth-order valence-corrected chi connectivity index (χ4v) is 4.02. The first-order valence-electron chi connectivity index (χ1n) is 8.44. The van der Waals surface area contributed by atoms with Gasteiger partial charge in [-0.3, -0.25) is 14.9 Å². The maximum Gasteiger partial charge on any atom is 0.310 e. The van der Waals surface area contributed by atoms with Gasteiger partial charge in [0.05, 0.1) is 4.92 Å². The van der Waals surface area contributed by atoms with Gasteiger partial charge in [0.2, 0.25) is 5.91 Å². The van der Waals surface area contributed by atoms with Crippen molar-refractivity contribution >= 4 is 27.1 Å². The van der Waals surface area contributed by atoms with Crippen LogP contribution in [0.5, 0.6) is 0 Å². The third kappa shape index (κ3) is 4.11. The third-order valence-electron chi connectivity index (χ3n) is 4.49. The van der Waals surface area contributed by atoms with Crippen molar-refractivity contribution in [1.29, 1.82) is 0 Å². The van der Waals surface area contributed by atoms with E-state index in [0.717, 1.165) is 17.9 Å². The highest BCUT2D eigenvalue weighted by molar-refractivity contribution is 7.90. The normalized spacial score (nSPS) is 17.0. The second kappa shape index (κ2) is 7.55. The van der Waals surface area contributed by atoms with E-state index >= 15 is 0 Å². The quantitative estimate of drug-likeness (QED) is 0.581. The summed E-state index contributed by atoms with van der Waals surface area (Å²) in [6, 6.07) is 9.01. The number of nitro groups is 1. The second-order valence-electron chi connectivity index (χ2n) is 6.55. The Kier molecular flexibility index (Phi) is 5.32. The highest BCUT2D eigenvalue weighted by Crippen LogP contribution is 2.33. The van der Waals surface area contributed by atoms with Crippen LogP contribution in [0.25, 0.3) is 0 Å². The summed E-state index contributed by atoms with van der Waals surface area (Å²) in [6.45, 7) is 0.718. The molecule has 1 saturated heterocycles. The molecule has 1 N–H and O–H groups in total. The predicted molar refractivity (Wildman–Crippen MR) is 100 cm³/mol. The molecular formula is C18H18FN3O5S. The molecular weight excluding hydrogens is 389 g/mol. The van der Waals surface area contributed by atoms with Crippen LogP contribution in [-0.2, 0) is 21.2 Å². The molecule has 3 rings (SSSR count). The Hall–Kier alpha value is -3.01. The van der Waals surface area contributed by atoms with E-state index in [1.165, 1.54) is 24.3 Å². The van der Waals surface area contributed by atoms with Crippen LogP contribution in [0.15, 0.2) is 47.4 Å². The van der Waals surface area contributed by atoms with E-state index in [2.05, 4.69) is 5.32 Å². The Morgan fingerprint density at radius 1 is 1.25 bits per heavy atom. The van der Waals surface area contributed by atoms with Crippen LogP contribution in [0.3, 0.4) is 0 Å². The van der Waals surface area contributed by atoms with Gasteiger partial charge in [-0.1, -0.05) is 18.2 Å². The molecule has 1 fully saturated rings. The zero-order valence-electron chi connectivity index (χ0n) is 15.0. The molecule has 1 unspecified atom stereocenters. The Balaban J connectivity index is 1.80. The Labute approximate surface area is 161 Å². The molecule has 148 valence electrons. The van der Waals surface area contributed by atoms with Gasteiger partial charge in [-0.2, -0.15) is 0 Å². The van der Waals surface area contributed by atoms with Crippen molar-refractivity contribution in [2.75, 3.05) is 18.1 Å². The van der Waals surface area contributed by atoms with Crippen LogP contribution >= 0.6 is 0 Å². The Bertz CT molecular complexity index is 1020. The Morgan fingerprint density at radius 2 is 1.93 bits per heavy atom. The molecule has 1 amide bonds. The number of para-hydroxylation sites is 1. The number of hydrogen-bond donors (Lipinski definition) is 1. The first-order chi connectivity index (χ1) is 13.2. The number of nitrogens with one attached hydrogen (secondary N) is 1. The van der Waals surface area contributed by atoms with Crippen LogP contribution < -0.4 is 5.32 Å². The molecule has 1 heterocycles. The number of nitrogens with zero attached hydrogens (tertiary/aromatic N) is 2. The van der Waals surface area contributed by atoms with Gasteiger partial charge in [0, 0.05) is 19.3 Å². The number of rotatable bonds is 6. The number of sulfone groups is 1. The topological polar surface area (TPSA) is 110 Å². The van der Waals surface area contributed by atoms with Crippen LogP contribution in [0.4, 0.5) is 15.8 Å². The zero-order chi connectivity index (χ0) is 20.5. The molecule has 1 aliphatic rings. The summed E-state index contributed by atoms with van der Waals surface area (Å²) in [5.41, 5.74) is 0.171. The molecule has 28 heavy (non-hydrogen) atoms. The largest absolute Gasteiger partial charge is 0.368 e. The maximum atomic E-state index is 13.0. The number of amides is 1. The lowest BCUT2D eigenvalue weighted by atomic mass is 10.2. The summed E-state index contributed by atoms with van der Waals surface area (Å²) >= 11 is 0. The number of hydrogen-bond acceptors (Lipinski definition) is 6. The summed E-state index contributed by atoms with van der Waals surface area (Å²) in [5.74, 6) is -0.627. The SMILES string of the molecule is CS(=O)(=O)c1cccc(NC2CCN(Cc3ccc(F)cc3)C2=O)c1[N+](=O)[O-]. The number of carbonyl (C=O) groups is 1. The lowest BCUT2D eigenvalue weighted by molar-refractivity contribution is -0.386. The summed E-state index contributed by atoms with van der Waals surface area (Å²) in [5, 5.41) is 14.3. The van der Waals surface area contributed by atoms with E-state index in [1.807, 2.05) is 0 Å². The number of halogens is 1. The summed E-state index contributed by atoms with van der Waals surface area (Å²) < 4.78 is 36.7. The van der Waals surface area contributed by atoms with Gasteiger partial charge in [0.15, 0.2) is 9.84 Å². The number of carbonyl (C=O) groups excluding carboxylic acids is 1. The fourth-order valence-electron chi connectivity index (χ4n) is 3.15. The van der Waals surface area contributed by atoms with Crippen LogP contribution in [0.1, 0.15) is 12.0 Å². The minimum absolute atomic E-state index is 0.0186. The third-order valence-corrected chi connectivity index (χ3v) is 5.62. The first-order valence-corrected chi connectivity index (χ1v) is 10.3. The van der Waals surface area contributed by atoms with Gasteiger partial charge in [-0.15, -0.1) is 0 Å². The van der Waals surface area contributed by atoms with E-state index in [1.54, 1.807) is 17.0 Å². The molecule has 0 radical (unpaired) electrons. The van der Waals surface area contributed by atoms with Gasteiger partial charge in [-0.05, 0) is 36.2 Å². The number of likely N-dealkylation sites (tertiary alicyclic amines) is 1. The highest BCUT2D eigenvalue weighted by Gasteiger charge is 2.34. The Morgan fingerprint density at radius 3 is 2.54 bits per heavy atom. The van der Waals surface area contributed by atoms with Crippen LogP contribution in [0.2, 0.25) is 0 Å². The van der Waals surface area contributed by atoms with Crippen molar-refractivity contribution in [2.24, 2.45) is 0 Å². The molecule has 10 heteroatoms. The number of nitro benzene ring substituents is 1. The predicted octanol–water partition coefficient (Wildman–Crippen LogP) is 2.35. The van der Waals surface area contributed by atoms with Gasteiger partial charge < -0.3 is 10.2 Å². The lowest BCUT2D eigenvalue weighted by Crippen LogP contribution is -2.33. The van der Waals surface area contributed by atoms with Crippen LogP contribution in [0, 0.1) is 15.9 Å². The number of anilines is 1. The van der Waals surface area contributed by atoms with Gasteiger partial charge in [-0.25, -0.2) is 12.8 Å². The summed E-state index contributed by atoms with van der Waals surface area (Å²) in [6.07, 6.45) is 1.30. The van der Waals surface area contributed by atoms with Crippen molar-refractivity contribution in [1.82, 2.24) is 4.90 Å². The number of benzene rings is 2. The highest BCUT2D eigenvalue weighted by atomic mass is 32.2. The molecule has 0 bridgehead atoms. The molecule has 0 spiro atoms. The van der Waals surface area contributed by atoms with Crippen molar-refractivity contribution in [3.8, 4) is 0 Å². The molecule has 8 nitrogen and oxygen atoms in total. The molecule has 0 aliphatic carbocycles. The smallest absolute Gasteiger partial charge is 0.310 e. The first kappa shape index (κ1) is 19.7. The molecule has 2 aromatic rings. The van der Waals surface area contributed by atoms with Crippen molar-refractivity contribution in [3.63, 3.8) is 0 Å². The summed E-state index contributed by atoms with van der Waals surface area (Å²) in [7, 11) is -3.81. The molecule has 1 atom stereocenters. The summed E-state index contributed by atoms with van der Waals surface area (Å²) in [4.78, 5) is 24.5. The zero-order valence-corrected chi connectivity index (χ0v) is 15.8. The second-order valence-corrected chi connectivity index (χ2v) is 8.54. The van der Waals surface area contributed by atoms with Gasteiger partial charge in [0.25, 0.3) is 0 Å². The van der Waals surface area contributed by atoms with Crippen molar-refractivity contribution in [3.05, 3.63) is 64.0 Å². The minimum atomic E-state index is -3.81. The molecule has 0 aromatic heterocycles. The average Bonchev–Trinajstić information content (AvgIpc) is 2.96. The van der Waals surface area contributed by atoms with Gasteiger partial charge in [0.1, 0.15) is 22.4 Å². The fraction of sp³-hybridized carbons (Fsp3) is 0.278. The van der Waals surface area contributed by atoms with E-state index in [4.69, 9.17) is 0 Å². The monoisotopic (exact) mass is 407 g/mol. The minimum Gasteiger partial charge on any atom is -0.368 e. The van der Waals surface area contributed by atoms with E-state index < -0.39 is 31.4 Å². The van der Waals surface area contributed by atoms with Crippen molar-refractivity contribution < 1.29 is 22.5 Å². The van der Waals surface area contributed by atoms with Crippen LogP contribution in [-0.4, -0.2) is 43.0 Å². The van der Waals surface area contributed by atoms with Gasteiger partial charge >= 0.3 is 5.69 Å². The molecule has 2 aromatic carbocycles. The van der Waals surface area contributed by atoms with E-state index in [0.29, 0.717) is 19.5 Å². The standard InChI is InChI=1S/C18H18FN3O5S/c1-28(26,27)16-4-2-3-14(17(16)22(24)25)20-15-9-10-21(18(15)23)11-12-5-7-13(19)8-6-12/h2-8,15,20H,9-11H2,1H3. The lowest BCUT2D eigenvalue weighted by Gasteiger charge is -2.18. The molecule has 0 saturated carbocycles. The molecule has 1 aliphatic heterocycles. The van der Waals surface area contributed by atoms with E-state index in [-0.39, 0.29) is 17.4 Å². The average molecular weight is 407 g/mol. The van der Waals surface area contributed by atoms with Crippen molar-refractivity contribution in [2.45, 2.75) is 23.9 Å².